The first-order valence-corrected chi connectivity index (χ1v) is 3.80. The minimum atomic E-state index is 1.18. The first-order valence-electron chi connectivity index (χ1n) is 3.80. The molecule has 0 saturated heterocycles. The molecule has 0 atom stereocenters. The van der Waals surface area contributed by atoms with Gasteiger partial charge in [0.05, 0.1) is 0 Å². The van der Waals surface area contributed by atoms with E-state index in [4.69, 9.17) is 0 Å². The molecule has 0 aliphatic rings. The summed E-state index contributed by atoms with van der Waals surface area (Å²) >= 11 is 0. The summed E-state index contributed by atoms with van der Waals surface area (Å²) in [5.41, 5.74) is 2.82. The van der Waals surface area contributed by atoms with Crippen molar-refractivity contribution in [2.24, 2.45) is 0 Å². The third kappa shape index (κ3) is 1.60. The normalized spacial score (nSPS) is 9.80. The minimum absolute atomic E-state index is 1.18. The van der Waals surface area contributed by atoms with Crippen LogP contribution in [-0.2, 0) is 6.42 Å². The number of hydrogen-bond donors (Lipinski definition) is 0. The molecule has 0 heterocycles. The summed E-state index contributed by atoms with van der Waals surface area (Å²) in [6.07, 6.45) is 2.40. The van der Waals surface area contributed by atoms with Crippen LogP contribution in [0.4, 0.5) is 0 Å². The first-order chi connectivity index (χ1) is 4.84. The first kappa shape index (κ1) is 7.33. The molecule has 0 saturated carbocycles. The maximum absolute atomic E-state index is 3.09. The van der Waals surface area contributed by atoms with E-state index in [1.54, 1.807) is 0 Å². The monoisotopic (exact) mass is 133 g/mol. The van der Waals surface area contributed by atoms with Gasteiger partial charge in [-0.15, -0.1) is 0 Å². The molecule has 1 aromatic carbocycles. The van der Waals surface area contributed by atoms with Gasteiger partial charge in [0, 0.05) is 0 Å². The number of hydrogen-bond acceptors (Lipinski definition) is 0. The molecule has 0 fully saturated rings. The lowest BCUT2D eigenvalue weighted by molar-refractivity contribution is 0.912. The van der Waals surface area contributed by atoms with Crippen LogP contribution in [0.1, 0.15) is 24.5 Å². The van der Waals surface area contributed by atoms with Crippen molar-refractivity contribution in [3.8, 4) is 0 Å². The maximum Gasteiger partial charge on any atom is -0.0181 e. The Morgan fingerprint density at radius 3 is 2.90 bits per heavy atom. The van der Waals surface area contributed by atoms with Crippen molar-refractivity contribution < 1.29 is 0 Å². The van der Waals surface area contributed by atoms with Crippen LogP contribution in [0.15, 0.2) is 18.2 Å². The van der Waals surface area contributed by atoms with Crippen LogP contribution >= 0.6 is 0 Å². The van der Waals surface area contributed by atoms with E-state index in [0.29, 0.717) is 0 Å². The Morgan fingerprint density at radius 2 is 2.30 bits per heavy atom. The molecule has 0 N–H and O–H groups in total. The Morgan fingerprint density at radius 1 is 1.50 bits per heavy atom. The van der Waals surface area contributed by atoms with Crippen LogP contribution < -0.4 is 0 Å². The van der Waals surface area contributed by atoms with Gasteiger partial charge in [-0.25, -0.2) is 0 Å². The van der Waals surface area contributed by atoms with Crippen molar-refractivity contribution >= 4 is 0 Å². The van der Waals surface area contributed by atoms with Crippen LogP contribution in [0.25, 0.3) is 0 Å². The molecule has 1 radical (unpaired) electrons. The third-order valence-corrected chi connectivity index (χ3v) is 1.71. The molecule has 53 valence electrons. The molecule has 10 heavy (non-hydrogen) atoms. The van der Waals surface area contributed by atoms with Gasteiger partial charge in [0.2, 0.25) is 0 Å². The fourth-order valence-electron chi connectivity index (χ4n) is 1.08. The van der Waals surface area contributed by atoms with Gasteiger partial charge < -0.3 is 0 Å². The number of aryl methyl sites for hydroxylation is 2. The summed E-state index contributed by atoms with van der Waals surface area (Å²) in [4.78, 5) is 0. The van der Waals surface area contributed by atoms with E-state index < -0.39 is 0 Å². The fraction of sp³-hybridized carbons (Fsp3) is 0.400. The fourth-order valence-corrected chi connectivity index (χ4v) is 1.08. The summed E-state index contributed by atoms with van der Waals surface area (Å²) in [7, 11) is 0. The van der Waals surface area contributed by atoms with Crippen molar-refractivity contribution in [1.29, 1.82) is 0 Å². The molecule has 0 spiro atoms. The highest BCUT2D eigenvalue weighted by atomic mass is 14.0. The minimum Gasteiger partial charge on any atom is -0.0651 e. The van der Waals surface area contributed by atoms with Gasteiger partial charge in [0.15, 0.2) is 0 Å². The van der Waals surface area contributed by atoms with Gasteiger partial charge in [0.1, 0.15) is 0 Å². The predicted octanol–water partition coefficient (Wildman–Crippen LogP) is 2.75. The lowest BCUT2D eigenvalue weighted by Gasteiger charge is -2.00. The molecule has 0 heteroatoms. The molecule has 0 bridgehead atoms. The molecule has 0 aliphatic carbocycles. The Kier molecular flexibility index (Phi) is 2.49. The molecular weight excluding hydrogens is 120 g/mol. The Labute approximate surface area is 62.9 Å². The molecule has 0 unspecified atom stereocenters. The van der Waals surface area contributed by atoms with Crippen LogP contribution in [0.2, 0.25) is 0 Å². The Bertz CT molecular complexity index is 201. The Balaban J connectivity index is 2.81. The summed E-state index contributed by atoms with van der Waals surface area (Å²) in [6, 6.07) is 9.25. The maximum atomic E-state index is 3.09. The van der Waals surface area contributed by atoms with E-state index in [-0.39, 0.29) is 0 Å². The van der Waals surface area contributed by atoms with E-state index in [0.717, 1.165) is 0 Å². The smallest absolute Gasteiger partial charge is 0.0181 e. The zero-order valence-electron chi connectivity index (χ0n) is 6.65. The van der Waals surface area contributed by atoms with E-state index >= 15 is 0 Å². The molecule has 1 rings (SSSR count). The van der Waals surface area contributed by atoms with Gasteiger partial charge in [-0.2, -0.15) is 0 Å². The summed E-state index contributed by atoms with van der Waals surface area (Å²) in [6.45, 7) is 4.35. The summed E-state index contributed by atoms with van der Waals surface area (Å²) < 4.78 is 0. The molecule has 0 amide bonds. The number of benzene rings is 1. The van der Waals surface area contributed by atoms with Crippen LogP contribution in [0.5, 0.6) is 0 Å². The lowest BCUT2D eigenvalue weighted by atomic mass is 10.1. The third-order valence-electron chi connectivity index (χ3n) is 1.71. The van der Waals surface area contributed by atoms with Crippen molar-refractivity contribution in [3.63, 3.8) is 0 Å². The van der Waals surface area contributed by atoms with Crippen LogP contribution in [-0.4, -0.2) is 0 Å². The quantitative estimate of drug-likeness (QED) is 0.582. The number of rotatable bonds is 2. The molecule has 0 nitrogen and oxygen atoms in total. The zero-order valence-corrected chi connectivity index (χ0v) is 6.65. The van der Waals surface area contributed by atoms with E-state index in [1.165, 1.54) is 24.0 Å². The Hall–Kier alpha value is -0.780. The largest absolute Gasteiger partial charge is 0.0651 e. The van der Waals surface area contributed by atoms with Crippen molar-refractivity contribution in [2.75, 3.05) is 0 Å². The molecule has 0 aromatic heterocycles. The standard InChI is InChI=1S/C10H13/c1-3-6-10-8-5-4-7-9(10)2/h4,7-8H,3,6H2,1-2H3. The van der Waals surface area contributed by atoms with E-state index in [2.05, 4.69) is 32.0 Å². The SMILES string of the molecule is CCCc1c[c]ccc1C. The summed E-state index contributed by atoms with van der Waals surface area (Å²) in [5.74, 6) is 0. The average molecular weight is 133 g/mol. The summed E-state index contributed by atoms with van der Waals surface area (Å²) in [5, 5.41) is 0. The van der Waals surface area contributed by atoms with Crippen molar-refractivity contribution in [2.45, 2.75) is 26.7 Å². The highest BCUT2D eigenvalue weighted by Crippen LogP contribution is 2.07. The lowest BCUT2D eigenvalue weighted by Crippen LogP contribution is -1.86. The van der Waals surface area contributed by atoms with Crippen molar-refractivity contribution in [1.82, 2.24) is 0 Å². The van der Waals surface area contributed by atoms with E-state index in [1.807, 2.05) is 6.07 Å². The van der Waals surface area contributed by atoms with Crippen LogP contribution in [0.3, 0.4) is 0 Å². The highest BCUT2D eigenvalue weighted by molar-refractivity contribution is 5.24. The second kappa shape index (κ2) is 3.40. The highest BCUT2D eigenvalue weighted by Gasteiger charge is 1.92. The average Bonchev–Trinajstić information content (AvgIpc) is 1.94. The predicted molar refractivity (Wildman–Crippen MR) is 44.0 cm³/mol. The van der Waals surface area contributed by atoms with E-state index in [9.17, 15) is 0 Å². The van der Waals surface area contributed by atoms with Gasteiger partial charge >= 0.3 is 0 Å². The van der Waals surface area contributed by atoms with Gasteiger partial charge in [-0.1, -0.05) is 31.5 Å². The van der Waals surface area contributed by atoms with Gasteiger partial charge in [-0.05, 0) is 30.5 Å². The molecular formula is C10H13. The molecule has 1 aromatic rings. The van der Waals surface area contributed by atoms with Crippen LogP contribution in [0, 0.1) is 13.0 Å². The zero-order chi connectivity index (χ0) is 7.40. The van der Waals surface area contributed by atoms with Gasteiger partial charge in [-0.3, -0.25) is 0 Å². The van der Waals surface area contributed by atoms with Crippen molar-refractivity contribution in [3.05, 3.63) is 35.4 Å². The second-order valence-electron chi connectivity index (χ2n) is 2.60. The van der Waals surface area contributed by atoms with Gasteiger partial charge in [0.25, 0.3) is 0 Å². The second-order valence-corrected chi connectivity index (χ2v) is 2.60. The molecule has 0 aliphatic heterocycles. The topological polar surface area (TPSA) is 0 Å².